The van der Waals surface area contributed by atoms with E-state index < -0.39 is 0 Å². The molecule has 0 spiro atoms. The summed E-state index contributed by atoms with van der Waals surface area (Å²) in [6, 6.07) is 12.4. The molecule has 0 bridgehead atoms. The topological polar surface area (TPSA) is 66.2 Å². The van der Waals surface area contributed by atoms with Crippen molar-refractivity contribution in [1.82, 2.24) is 10.4 Å². The highest BCUT2D eigenvalue weighted by molar-refractivity contribution is 7.80. The minimum absolute atomic E-state index is 0.158. The van der Waals surface area contributed by atoms with E-state index in [-0.39, 0.29) is 5.11 Å². The van der Waals surface area contributed by atoms with Gasteiger partial charge in [0.25, 0.3) is 0 Å². The Kier molecular flexibility index (Phi) is 3.12. The third kappa shape index (κ3) is 2.12. The Morgan fingerprint density at radius 2 is 2.05 bits per heavy atom. The number of aromatic amines is 1. The van der Waals surface area contributed by atoms with E-state index in [0.29, 0.717) is 0 Å². The summed E-state index contributed by atoms with van der Waals surface area (Å²) in [5, 5.41) is 6.62. The second kappa shape index (κ2) is 4.94. The zero-order chi connectivity index (χ0) is 14.1. The minimum atomic E-state index is 0.158. The first-order valence-corrected chi connectivity index (χ1v) is 6.66. The van der Waals surface area contributed by atoms with E-state index in [0.717, 1.165) is 22.2 Å². The molecule has 3 rings (SSSR count). The van der Waals surface area contributed by atoms with Crippen LogP contribution >= 0.6 is 12.2 Å². The maximum atomic E-state index is 5.34. The zero-order valence-electron chi connectivity index (χ0n) is 11.0. The summed E-state index contributed by atoms with van der Waals surface area (Å²) in [6.07, 6.45) is 1.72. The van der Waals surface area contributed by atoms with Crippen molar-refractivity contribution in [2.24, 2.45) is 10.8 Å². The molecule has 0 radical (unpaired) electrons. The van der Waals surface area contributed by atoms with Crippen molar-refractivity contribution < 1.29 is 0 Å². The fraction of sp³-hybridized carbons (Fsp3) is 0.0667. The highest BCUT2D eigenvalue weighted by atomic mass is 32.1. The lowest BCUT2D eigenvalue weighted by molar-refractivity contribution is 1.04. The molecule has 0 fully saturated rings. The van der Waals surface area contributed by atoms with Crippen molar-refractivity contribution in [2.45, 2.75) is 6.92 Å². The number of aromatic nitrogens is 1. The monoisotopic (exact) mass is 282 g/mol. The number of thiocarbonyl (C=S) groups is 1. The first-order valence-electron chi connectivity index (χ1n) is 6.25. The van der Waals surface area contributed by atoms with Crippen LogP contribution in [-0.4, -0.2) is 16.3 Å². The summed E-state index contributed by atoms with van der Waals surface area (Å²) in [6.45, 7) is 2.07. The van der Waals surface area contributed by atoms with Crippen LogP contribution in [0, 0.1) is 6.92 Å². The molecular formula is C15H14N4S. The van der Waals surface area contributed by atoms with Crippen molar-refractivity contribution in [3.63, 3.8) is 0 Å². The molecule has 0 aliphatic carbocycles. The molecule has 5 heteroatoms. The fourth-order valence-corrected chi connectivity index (χ4v) is 2.43. The smallest absolute Gasteiger partial charge is 0.184 e. The number of hydrogen-bond acceptors (Lipinski definition) is 2. The lowest BCUT2D eigenvalue weighted by Gasteiger charge is -2.02. The highest BCUT2D eigenvalue weighted by Gasteiger charge is 2.07. The summed E-state index contributed by atoms with van der Waals surface area (Å²) in [4.78, 5) is 3.45. The summed E-state index contributed by atoms with van der Waals surface area (Å²) in [7, 11) is 0. The molecule has 1 aromatic heterocycles. The molecule has 2 aromatic carbocycles. The largest absolute Gasteiger partial charge is 0.375 e. The number of nitrogens with two attached hydrogens (primary N) is 1. The third-order valence-corrected chi connectivity index (χ3v) is 3.45. The van der Waals surface area contributed by atoms with E-state index in [1.165, 1.54) is 10.8 Å². The van der Waals surface area contributed by atoms with Gasteiger partial charge in [-0.25, -0.2) is 0 Å². The van der Waals surface area contributed by atoms with Crippen LogP contribution in [0.4, 0.5) is 0 Å². The SMILES string of the molecule is Cc1c(/C=N/NC(N)=S)ccc2c1[nH]c1ccccc12. The molecule has 4 N–H and O–H groups in total. The number of H-pyrrole nitrogens is 1. The molecule has 0 unspecified atom stereocenters. The number of benzene rings is 2. The van der Waals surface area contributed by atoms with Gasteiger partial charge in [-0.05, 0) is 36.3 Å². The number of hydrogen-bond donors (Lipinski definition) is 3. The maximum Gasteiger partial charge on any atom is 0.184 e. The molecule has 0 amide bonds. The Hall–Kier alpha value is -2.40. The van der Waals surface area contributed by atoms with Crippen LogP contribution in [0.3, 0.4) is 0 Å². The van der Waals surface area contributed by atoms with Crippen molar-refractivity contribution in [3.05, 3.63) is 47.5 Å². The van der Waals surface area contributed by atoms with Crippen LogP contribution in [0.2, 0.25) is 0 Å². The number of rotatable bonds is 2. The van der Waals surface area contributed by atoms with Crippen LogP contribution in [0.1, 0.15) is 11.1 Å². The quantitative estimate of drug-likeness (QED) is 0.385. The summed E-state index contributed by atoms with van der Waals surface area (Å²) < 4.78 is 0. The van der Waals surface area contributed by atoms with E-state index in [1.54, 1.807) is 6.21 Å². The molecule has 100 valence electrons. The van der Waals surface area contributed by atoms with Crippen LogP contribution < -0.4 is 11.2 Å². The van der Waals surface area contributed by atoms with Gasteiger partial charge in [0.1, 0.15) is 0 Å². The molecule has 4 nitrogen and oxygen atoms in total. The number of fused-ring (bicyclic) bond motifs is 3. The number of hydrazone groups is 1. The molecule has 1 heterocycles. The van der Waals surface area contributed by atoms with E-state index in [1.807, 2.05) is 18.2 Å². The van der Waals surface area contributed by atoms with Gasteiger partial charge in [-0.2, -0.15) is 5.10 Å². The summed E-state index contributed by atoms with van der Waals surface area (Å²) in [5.74, 6) is 0. The Morgan fingerprint density at radius 1 is 1.25 bits per heavy atom. The molecule has 0 saturated carbocycles. The number of para-hydroxylation sites is 1. The van der Waals surface area contributed by atoms with Crippen molar-refractivity contribution in [3.8, 4) is 0 Å². The van der Waals surface area contributed by atoms with E-state index in [2.05, 4.69) is 40.6 Å². The molecule has 20 heavy (non-hydrogen) atoms. The van der Waals surface area contributed by atoms with Crippen molar-refractivity contribution in [2.75, 3.05) is 0 Å². The average Bonchev–Trinajstić information content (AvgIpc) is 2.81. The van der Waals surface area contributed by atoms with Gasteiger partial charge in [0.2, 0.25) is 0 Å². The first-order chi connectivity index (χ1) is 9.66. The van der Waals surface area contributed by atoms with Gasteiger partial charge in [0, 0.05) is 16.3 Å². The normalized spacial score (nSPS) is 11.4. The molecule has 0 aliphatic heterocycles. The molecular weight excluding hydrogens is 268 g/mol. The molecule has 0 saturated heterocycles. The Morgan fingerprint density at radius 3 is 2.85 bits per heavy atom. The van der Waals surface area contributed by atoms with Gasteiger partial charge in [0.05, 0.1) is 11.7 Å². The van der Waals surface area contributed by atoms with Gasteiger partial charge in [0.15, 0.2) is 5.11 Å². The molecule has 3 aromatic rings. The van der Waals surface area contributed by atoms with Crippen LogP contribution in [-0.2, 0) is 0 Å². The van der Waals surface area contributed by atoms with E-state index in [4.69, 9.17) is 18.0 Å². The number of nitrogens with zero attached hydrogens (tertiary/aromatic N) is 1. The highest BCUT2D eigenvalue weighted by Crippen LogP contribution is 2.28. The lowest BCUT2D eigenvalue weighted by Crippen LogP contribution is -2.24. The third-order valence-electron chi connectivity index (χ3n) is 3.36. The zero-order valence-corrected chi connectivity index (χ0v) is 11.8. The molecule has 0 aliphatic rings. The molecule has 0 atom stereocenters. The van der Waals surface area contributed by atoms with Gasteiger partial charge in [-0.15, -0.1) is 0 Å². The van der Waals surface area contributed by atoms with E-state index in [9.17, 15) is 0 Å². The van der Waals surface area contributed by atoms with Crippen LogP contribution in [0.5, 0.6) is 0 Å². The van der Waals surface area contributed by atoms with Gasteiger partial charge in [-0.1, -0.05) is 30.3 Å². The van der Waals surface area contributed by atoms with E-state index >= 15 is 0 Å². The predicted molar refractivity (Wildman–Crippen MR) is 88.1 cm³/mol. The fourth-order valence-electron chi connectivity index (χ4n) is 2.38. The standard InChI is InChI=1S/C15H14N4S/c1-9-10(8-17-19-15(16)20)6-7-12-11-4-2-3-5-13(11)18-14(9)12/h2-8,18H,1H3,(H3,16,19,20)/b17-8+. The average molecular weight is 282 g/mol. The number of aryl methyl sites for hydroxylation is 1. The Balaban J connectivity index is 2.13. The second-order valence-corrected chi connectivity index (χ2v) is 5.05. The minimum Gasteiger partial charge on any atom is -0.375 e. The summed E-state index contributed by atoms with van der Waals surface area (Å²) >= 11 is 4.71. The Bertz CT molecular complexity index is 832. The van der Waals surface area contributed by atoms with Crippen LogP contribution in [0.15, 0.2) is 41.5 Å². The Labute approximate surface area is 121 Å². The second-order valence-electron chi connectivity index (χ2n) is 4.61. The predicted octanol–water partition coefficient (Wildman–Crippen LogP) is 2.80. The van der Waals surface area contributed by atoms with Gasteiger partial charge < -0.3 is 10.7 Å². The van der Waals surface area contributed by atoms with Crippen LogP contribution in [0.25, 0.3) is 21.8 Å². The first kappa shape index (κ1) is 12.6. The lowest BCUT2D eigenvalue weighted by atomic mass is 10.0. The summed E-state index contributed by atoms with van der Waals surface area (Å²) in [5.41, 5.74) is 12.3. The van der Waals surface area contributed by atoms with Gasteiger partial charge in [-0.3, -0.25) is 5.43 Å². The van der Waals surface area contributed by atoms with Gasteiger partial charge >= 0.3 is 0 Å². The van der Waals surface area contributed by atoms with Crippen molar-refractivity contribution in [1.29, 1.82) is 0 Å². The number of nitrogens with one attached hydrogen (secondary N) is 2. The van der Waals surface area contributed by atoms with Crippen molar-refractivity contribution >= 4 is 45.4 Å². The maximum absolute atomic E-state index is 5.34.